The molecule has 2 aromatic rings. The normalized spacial score (nSPS) is 10.3. The van der Waals surface area contributed by atoms with E-state index < -0.39 is 10.4 Å². The van der Waals surface area contributed by atoms with Crippen LogP contribution in [0.3, 0.4) is 0 Å². The fourth-order valence-corrected chi connectivity index (χ4v) is 4.48. The predicted molar refractivity (Wildman–Crippen MR) is 182 cm³/mol. The summed E-state index contributed by atoms with van der Waals surface area (Å²) in [6.45, 7) is 7.25. The number of aliphatic imine (C=N–C) groups is 2. The zero-order valence-corrected chi connectivity index (χ0v) is 27.5. The molecule has 0 unspecified atom stereocenters. The van der Waals surface area contributed by atoms with Gasteiger partial charge in [-0.3, -0.25) is 19.1 Å². The van der Waals surface area contributed by atoms with Gasteiger partial charge in [0.2, 0.25) is 0 Å². The number of nitrogens with two attached hydrogens (primary N) is 4. The maximum atomic E-state index is 8.74. The SMILES string of the molecule is CCCCOc1ccc(CSCCN=C(N)N)cc1.CCCCOc1ccc(CSCCN=C(N)N)cc1.O=S(=O)(O)O. The van der Waals surface area contributed by atoms with E-state index in [1.54, 1.807) is 0 Å². The number of rotatable bonds is 18. The van der Waals surface area contributed by atoms with E-state index in [0.717, 1.165) is 73.4 Å². The Morgan fingerprint density at radius 1 is 0.698 bits per heavy atom. The molecule has 0 saturated heterocycles. The third kappa shape index (κ3) is 29.0. The Bertz CT molecular complexity index is 1040. The van der Waals surface area contributed by atoms with Crippen molar-refractivity contribution in [3.05, 3.63) is 59.7 Å². The monoisotopic (exact) mass is 660 g/mol. The van der Waals surface area contributed by atoms with E-state index in [1.165, 1.54) is 11.1 Å². The standard InChI is InChI=1S/2C14H23N3OS.H2O4S/c2*1-2-3-9-18-13-6-4-12(5-7-13)11-19-10-8-17-14(15)16;1-5(2,3)4/h2*4-7H,2-3,8-11H2,1H3,(H4,15,16,17);(H2,1,2,3,4). The van der Waals surface area contributed by atoms with Crippen LogP contribution in [0, 0.1) is 0 Å². The number of unbranched alkanes of at least 4 members (excludes halogenated alkanes) is 2. The van der Waals surface area contributed by atoms with Gasteiger partial charge >= 0.3 is 10.4 Å². The lowest BCUT2D eigenvalue weighted by Crippen LogP contribution is -2.23. The van der Waals surface area contributed by atoms with Gasteiger partial charge in [0.25, 0.3) is 0 Å². The van der Waals surface area contributed by atoms with Gasteiger partial charge in [-0.15, -0.1) is 0 Å². The maximum Gasteiger partial charge on any atom is 0.394 e. The Morgan fingerprint density at radius 2 is 1.02 bits per heavy atom. The number of nitrogens with zero attached hydrogens (tertiary/aromatic N) is 2. The Morgan fingerprint density at radius 3 is 1.30 bits per heavy atom. The number of ether oxygens (including phenoxy) is 2. The van der Waals surface area contributed by atoms with Gasteiger partial charge in [-0.05, 0) is 48.2 Å². The van der Waals surface area contributed by atoms with Gasteiger partial charge in [0.05, 0.1) is 26.3 Å². The molecule has 0 aliphatic heterocycles. The average Bonchev–Trinajstić information content (AvgIpc) is 2.94. The first-order valence-electron chi connectivity index (χ1n) is 13.8. The summed E-state index contributed by atoms with van der Waals surface area (Å²) >= 11 is 3.63. The largest absolute Gasteiger partial charge is 0.494 e. The fourth-order valence-electron chi connectivity index (χ4n) is 2.89. The lowest BCUT2D eigenvalue weighted by atomic mass is 10.2. The van der Waals surface area contributed by atoms with Crippen molar-refractivity contribution in [3.63, 3.8) is 0 Å². The second kappa shape index (κ2) is 25.6. The van der Waals surface area contributed by atoms with Gasteiger partial charge in [0, 0.05) is 23.0 Å². The maximum absolute atomic E-state index is 8.74. The van der Waals surface area contributed by atoms with Crippen LogP contribution < -0.4 is 32.4 Å². The van der Waals surface area contributed by atoms with Crippen molar-refractivity contribution in [2.75, 3.05) is 37.8 Å². The second-order valence-electron chi connectivity index (χ2n) is 8.86. The second-order valence-corrected chi connectivity index (χ2v) is 12.0. The lowest BCUT2D eigenvalue weighted by molar-refractivity contribution is 0.309. The zero-order chi connectivity index (χ0) is 32.3. The molecular weight excluding hydrogens is 613 g/mol. The number of benzene rings is 2. The highest BCUT2D eigenvalue weighted by atomic mass is 32.3. The van der Waals surface area contributed by atoms with Gasteiger partial charge in [-0.2, -0.15) is 31.9 Å². The molecule has 0 spiro atoms. The van der Waals surface area contributed by atoms with Crippen molar-refractivity contribution in [2.45, 2.75) is 51.0 Å². The van der Waals surface area contributed by atoms with Crippen molar-refractivity contribution in [1.82, 2.24) is 0 Å². The number of thioether (sulfide) groups is 2. The van der Waals surface area contributed by atoms with Crippen LogP contribution in [0.4, 0.5) is 0 Å². The first-order chi connectivity index (χ1) is 20.4. The minimum atomic E-state index is -4.67. The van der Waals surface area contributed by atoms with E-state index in [1.807, 2.05) is 47.8 Å². The quantitative estimate of drug-likeness (QED) is 0.0576. The van der Waals surface area contributed by atoms with Crippen LogP contribution in [0.25, 0.3) is 0 Å². The van der Waals surface area contributed by atoms with Crippen molar-refractivity contribution < 1.29 is 27.0 Å². The molecule has 43 heavy (non-hydrogen) atoms. The minimum Gasteiger partial charge on any atom is -0.494 e. The first-order valence-corrected chi connectivity index (χ1v) is 17.5. The summed E-state index contributed by atoms with van der Waals surface area (Å²) in [5, 5.41) is 0. The summed E-state index contributed by atoms with van der Waals surface area (Å²) in [6, 6.07) is 16.5. The number of hydrogen-bond donors (Lipinski definition) is 6. The van der Waals surface area contributed by atoms with Crippen LogP contribution in [0.1, 0.15) is 50.7 Å². The van der Waals surface area contributed by atoms with Crippen LogP contribution in [-0.4, -0.2) is 67.3 Å². The summed E-state index contributed by atoms with van der Waals surface area (Å²) in [5.41, 5.74) is 23.6. The summed E-state index contributed by atoms with van der Waals surface area (Å²) in [7, 11) is -4.67. The zero-order valence-electron chi connectivity index (χ0n) is 25.1. The van der Waals surface area contributed by atoms with E-state index in [0.29, 0.717) is 13.1 Å². The molecule has 244 valence electrons. The molecule has 15 heteroatoms. The molecule has 0 fully saturated rings. The highest BCUT2D eigenvalue weighted by Crippen LogP contribution is 2.18. The van der Waals surface area contributed by atoms with Crippen molar-refractivity contribution in [3.8, 4) is 11.5 Å². The molecule has 0 atom stereocenters. The van der Waals surface area contributed by atoms with E-state index >= 15 is 0 Å². The van der Waals surface area contributed by atoms with E-state index in [-0.39, 0.29) is 11.9 Å². The number of hydrogen-bond acceptors (Lipinski definition) is 8. The lowest BCUT2D eigenvalue weighted by Gasteiger charge is -2.06. The molecule has 12 nitrogen and oxygen atoms in total. The molecule has 0 bridgehead atoms. The van der Waals surface area contributed by atoms with Gasteiger partial charge < -0.3 is 32.4 Å². The Hall–Kier alpha value is -2.85. The van der Waals surface area contributed by atoms with E-state index in [9.17, 15) is 0 Å². The third-order valence-electron chi connectivity index (χ3n) is 4.98. The topological polar surface area (TPSA) is 222 Å². The first kappa shape index (κ1) is 40.1. The summed E-state index contributed by atoms with van der Waals surface area (Å²) in [6.07, 6.45) is 4.51. The Balaban J connectivity index is 0.000000709. The molecule has 2 rings (SSSR count). The van der Waals surface area contributed by atoms with Gasteiger partial charge in [0.15, 0.2) is 11.9 Å². The van der Waals surface area contributed by atoms with Crippen molar-refractivity contribution in [2.24, 2.45) is 32.9 Å². The molecule has 2 aromatic carbocycles. The molecule has 0 aromatic heterocycles. The highest BCUT2D eigenvalue weighted by Gasteiger charge is 1.98. The van der Waals surface area contributed by atoms with Crippen LogP contribution in [0.2, 0.25) is 0 Å². The Kier molecular flexibility index (Phi) is 23.9. The van der Waals surface area contributed by atoms with Crippen LogP contribution >= 0.6 is 23.5 Å². The smallest absolute Gasteiger partial charge is 0.394 e. The Labute approximate surface area is 265 Å². The summed E-state index contributed by atoms with van der Waals surface area (Å²) in [4.78, 5) is 7.89. The minimum absolute atomic E-state index is 0.161. The molecule has 10 N–H and O–H groups in total. The van der Waals surface area contributed by atoms with Gasteiger partial charge in [-0.1, -0.05) is 51.0 Å². The van der Waals surface area contributed by atoms with Crippen LogP contribution in [-0.2, 0) is 21.9 Å². The molecule has 0 saturated carbocycles. The van der Waals surface area contributed by atoms with E-state index in [2.05, 4.69) is 48.1 Å². The van der Waals surface area contributed by atoms with Crippen LogP contribution in [0.5, 0.6) is 11.5 Å². The molecular formula is C28H48N6O6S3. The van der Waals surface area contributed by atoms with Gasteiger partial charge in [0.1, 0.15) is 11.5 Å². The van der Waals surface area contributed by atoms with Crippen molar-refractivity contribution >= 4 is 45.8 Å². The average molecular weight is 661 g/mol. The molecule has 0 heterocycles. The number of guanidine groups is 2. The molecule has 0 aliphatic rings. The molecule has 0 radical (unpaired) electrons. The molecule has 0 amide bonds. The third-order valence-corrected chi connectivity index (χ3v) is 6.99. The summed E-state index contributed by atoms with van der Waals surface area (Å²) < 4.78 is 42.8. The summed E-state index contributed by atoms with van der Waals surface area (Å²) in [5.74, 6) is 6.00. The molecule has 0 aliphatic carbocycles. The highest BCUT2D eigenvalue weighted by molar-refractivity contribution is 7.98. The fraction of sp³-hybridized carbons (Fsp3) is 0.500. The van der Waals surface area contributed by atoms with E-state index in [4.69, 9.17) is 49.9 Å². The van der Waals surface area contributed by atoms with Crippen LogP contribution in [0.15, 0.2) is 58.5 Å². The van der Waals surface area contributed by atoms with Gasteiger partial charge in [-0.25, -0.2) is 0 Å². The van der Waals surface area contributed by atoms with Crippen molar-refractivity contribution in [1.29, 1.82) is 0 Å². The predicted octanol–water partition coefficient (Wildman–Crippen LogP) is 4.09.